The topological polar surface area (TPSA) is 52.6 Å². The van der Waals surface area contributed by atoms with Crippen LogP contribution in [0.25, 0.3) is 0 Å². The SMILES string of the molecule is O=C(/C=C/C(=O)OCc1c(F)c(F)c(F)c(F)c1F)OCCCCCCCCCl. The Morgan fingerprint density at radius 2 is 1.14 bits per heavy atom. The molecule has 0 radical (unpaired) electrons. The molecular formula is C19H20ClF5O4. The van der Waals surface area contributed by atoms with Crippen LogP contribution in [-0.4, -0.2) is 24.4 Å². The lowest BCUT2D eigenvalue weighted by atomic mass is 10.1. The molecule has 0 saturated carbocycles. The highest BCUT2D eigenvalue weighted by molar-refractivity contribution is 6.17. The zero-order chi connectivity index (χ0) is 21.8. The molecule has 162 valence electrons. The molecule has 1 aromatic carbocycles. The number of unbranched alkanes of at least 4 members (excludes halogenated alkanes) is 5. The maximum Gasteiger partial charge on any atom is 0.331 e. The van der Waals surface area contributed by atoms with E-state index in [1.54, 1.807) is 0 Å². The Morgan fingerprint density at radius 1 is 0.690 bits per heavy atom. The van der Waals surface area contributed by atoms with E-state index in [0.717, 1.165) is 38.2 Å². The second-order valence-electron chi connectivity index (χ2n) is 5.97. The van der Waals surface area contributed by atoms with Crippen LogP contribution >= 0.6 is 11.6 Å². The summed E-state index contributed by atoms with van der Waals surface area (Å²) in [7, 11) is 0. The first-order valence-corrected chi connectivity index (χ1v) is 9.40. The predicted octanol–water partition coefficient (Wildman–Crippen LogP) is 5.10. The summed E-state index contributed by atoms with van der Waals surface area (Å²) in [6.45, 7) is -1.05. The number of hydrogen-bond donors (Lipinski definition) is 0. The average molecular weight is 443 g/mol. The molecule has 0 aliphatic heterocycles. The maximum absolute atomic E-state index is 13.4. The van der Waals surface area contributed by atoms with Crippen LogP contribution in [0.15, 0.2) is 12.2 Å². The van der Waals surface area contributed by atoms with Crippen LogP contribution in [-0.2, 0) is 25.7 Å². The Morgan fingerprint density at radius 3 is 1.69 bits per heavy atom. The molecule has 1 rings (SSSR count). The van der Waals surface area contributed by atoms with Crippen molar-refractivity contribution in [2.45, 2.75) is 45.1 Å². The Bertz CT molecular complexity index is 711. The molecule has 29 heavy (non-hydrogen) atoms. The van der Waals surface area contributed by atoms with Gasteiger partial charge in [-0.15, -0.1) is 11.6 Å². The summed E-state index contributed by atoms with van der Waals surface area (Å²) in [5.41, 5.74) is -1.29. The quantitative estimate of drug-likeness (QED) is 0.0859. The fourth-order valence-corrected chi connectivity index (χ4v) is 2.42. The largest absolute Gasteiger partial charge is 0.463 e. The highest BCUT2D eigenvalue weighted by Crippen LogP contribution is 2.23. The van der Waals surface area contributed by atoms with Crippen LogP contribution in [0.1, 0.15) is 44.1 Å². The van der Waals surface area contributed by atoms with Crippen LogP contribution in [0, 0.1) is 29.1 Å². The third-order valence-corrected chi connectivity index (χ3v) is 4.05. The Hall–Kier alpha value is -2.16. The molecule has 0 saturated heterocycles. The summed E-state index contributed by atoms with van der Waals surface area (Å²) in [6, 6.07) is 0. The van der Waals surface area contributed by atoms with Gasteiger partial charge in [0.15, 0.2) is 23.3 Å². The number of rotatable bonds is 12. The minimum atomic E-state index is -2.31. The monoisotopic (exact) mass is 442 g/mol. The van der Waals surface area contributed by atoms with E-state index in [0.29, 0.717) is 18.4 Å². The summed E-state index contributed by atoms with van der Waals surface area (Å²) in [5, 5.41) is 0. The lowest BCUT2D eigenvalue weighted by molar-refractivity contribution is -0.141. The number of alkyl halides is 1. The molecular weight excluding hydrogens is 423 g/mol. The van der Waals surface area contributed by atoms with Crippen LogP contribution in [0.4, 0.5) is 22.0 Å². The summed E-state index contributed by atoms with van der Waals surface area (Å²) < 4.78 is 75.2. The van der Waals surface area contributed by atoms with E-state index in [-0.39, 0.29) is 6.61 Å². The smallest absolute Gasteiger partial charge is 0.331 e. The van der Waals surface area contributed by atoms with Crippen LogP contribution in [0.2, 0.25) is 0 Å². The molecule has 10 heteroatoms. The normalized spacial score (nSPS) is 11.1. The Kier molecular flexibility index (Phi) is 11.3. The van der Waals surface area contributed by atoms with E-state index in [9.17, 15) is 31.5 Å². The first-order chi connectivity index (χ1) is 13.8. The number of halogens is 6. The zero-order valence-corrected chi connectivity index (χ0v) is 16.2. The van der Waals surface area contributed by atoms with Gasteiger partial charge in [0.1, 0.15) is 6.61 Å². The Labute approximate surface area is 169 Å². The standard InChI is InChI=1S/C19H20ClF5O4/c20-9-5-3-1-2-4-6-10-28-13(26)7-8-14(27)29-11-12-15(21)17(23)19(25)18(24)16(12)22/h7-8H,1-6,9-11H2/b8-7+. The van der Waals surface area contributed by atoms with Crippen molar-refractivity contribution in [3.8, 4) is 0 Å². The number of esters is 2. The number of hydrogen-bond acceptors (Lipinski definition) is 4. The van der Waals surface area contributed by atoms with Crippen molar-refractivity contribution < 1.29 is 41.0 Å². The molecule has 0 bridgehead atoms. The van der Waals surface area contributed by atoms with Gasteiger partial charge in [-0.2, -0.15) is 0 Å². The van der Waals surface area contributed by atoms with E-state index >= 15 is 0 Å². The van der Waals surface area contributed by atoms with Gasteiger partial charge < -0.3 is 9.47 Å². The fraction of sp³-hybridized carbons (Fsp3) is 0.474. The zero-order valence-electron chi connectivity index (χ0n) is 15.4. The highest BCUT2D eigenvalue weighted by Gasteiger charge is 2.26. The minimum Gasteiger partial charge on any atom is -0.463 e. The van der Waals surface area contributed by atoms with Gasteiger partial charge in [0.05, 0.1) is 12.2 Å². The van der Waals surface area contributed by atoms with Crippen molar-refractivity contribution in [3.05, 3.63) is 46.8 Å². The van der Waals surface area contributed by atoms with E-state index in [2.05, 4.69) is 4.74 Å². The average Bonchev–Trinajstić information content (AvgIpc) is 2.71. The molecule has 0 spiro atoms. The van der Waals surface area contributed by atoms with Crippen molar-refractivity contribution >= 4 is 23.5 Å². The molecule has 0 aliphatic carbocycles. The van der Waals surface area contributed by atoms with Crippen molar-refractivity contribution in [2.24, 2.45) is 0 Å². The van der Waals surface area contributed by atoms with E-state index < -0.39 is 53.2 Å². The third kappa shape index (κ3) is 8.39. The van der Waals surface area contributed by atoms with Gasteiger partial charge in [-0.25, -0.2) is 31.5 Å². The summed E-state index contributed by atoms with van der Waals surface area (Å²) in [6.07, 6.45) is 6.89. The predicted molar refractivity (Wildman–Crippen MR) is 94.5 cm³/mol. The molecule has 0 heterocycles. The molecule has 0 fully saturated rings. The van der Waals surface area contributed by atoms with Crippen molar-refractivity contribution in [3.63, 3.8) is 0 Å². The molecule has 0 N–H and O–H groups in total. The first-order valence-electron chi connectivity index (χ1n) is 8.87. The van der Waals surface area contributed by atoms with Crippen LogP contribution in [0.5, 0.6) is 0 Å². The molecule has 1 aromatic rings. The summed E-state index contributed by atoms with van der Waals surface area (Å²) >= 11 is 5.56. The summed E-state index contributed by atoms with van der Waals surface area (Å²) in [5.74, 6) is -12.2. The fourth-order valence-electron chi connectivity index (χ4n) is 2.23. The second-order valence-corrected chi connectivity index (χ2v) is 6.35. The summed E-state index contributed by atoms with van der Waals surface area (Å²) in [4.78, 5) is 22.9. The molecule has 0 unspecified atom stereocenters. The highest BCUT2D eigenvalue weighted by atomic mass is 35.5. The van der Waals surface area contributed by atoms with Gasteiger partial charge in [0, 0.05) is 18.0 Å². The van der Waals surface area contributed by atoms with Crippen molar-refractivity contribution in [2.75, 3.05) is 12.5 Å². The molecule has 4 nitrogen and oxygen atoms in total. The number of benzene rings is 1. The molecule has 0 aromatic heterocycles. The minimum absolute atomic E-state index is 0.151. The van der Waals surface area contributed by atoms with Gasteiger partial charge >= 0.3 is 11.9 Å². The number of ether oxygens (including phenoxy) is 2. The van der Waals surface area contributed by atoms with E-state index in [1.165, 1.54) is 0 Å². The van der Waals surface area contributed by atoms with Crippen molar-refractivity contribution in [1.29, 1.82) is 0 Å². The van der Waals surface area contributed by atoms with Crippen molar-refractivity contribution in [1.82, 2.24) is 0 Å². The second kappa shape index (κ2) is 13.1. The number of carbonyl (C=O) groups excluding carboxylic acids is 2. The maximum atomic E-state index is 13.4. The lowest BCUT2D eigenvalue weighted by Gasteiger charge is -2.08. The van der Waals surface area contributed by atoms with E-state index in [4.69, 9.17) is 16.3 Å². The molecule has 0 amide bonds. The van der Waals surface area contributed by atoms with Crippen LogP contribution < -0.4 is 0 Å². The first kappa shape index (κ1) is 24.9. The van der Waals surface area contributed by atoms with Gasteiger partial charge in [0.25, 0.3) is 0 Å². The van der Waals surface area contributed by atoms with Gasteiger partial charge in [0.2, 0.25) is 5.82 Å². The molecule has 0 aliphatic rings. The van der Waals surface area contributed by atoms with Crippen LogP contribution in [0.3, 0.4) is 0 Å². The third-order valence-electron chi connectivity index (χ3n) is 3.79. The number of carbonyl (C=O) groups is 2. The van der Waals surface area contributed by atoms with Gasteiger partial charge in [-0.3, -0.25) is 0 Å². The van der Waals surface area contributed by atoms with Gasteiger partial charge in [-0.05, 0) is 12.8 Å². The van der Waals surface area contributed by atoms with E-state index in [1.807, 2.05) is 0 Å². The Balaban J connectivity index is 2.36. The van der Waals surface area contributed by atoms with Gasteiger partial charge in [-0.1, -0.05) is 25.7 Å². The lowest BCUT2D eigenvalue weighted by Crippen LogP contribution is -2.11. The molecule has 0 atom stereocenters.